The van der Waals surface area contributed by atoms with Gasteiger partial charge in [0, 0.05) is 59.8 Å². The number of H-pyrrole nitrogens is 2. The number of imide groups is 1. The predicted octanol–water partition coefficient (Wildman–Crippen LogP) is -1.22. The van der Waals surface area contributed by atoms with Gasteiger partial charge >= 0.3 is 6.03 Å². The van der Waals surface area contributed by atoms with E-state index in [1.165, 1.54) is 19.4 Å². The summed E-state index contributed by atoms with van der Waals surface area (Å²) >= 11 is 0. The van der Waals surface area contributed by atoms with Crippen molar-refractivity contribution < 1.29 is 43.2 Å². The summed E-state index contributed by atoms with van der Waals surface area (Å²) < 4.78 is 0. The van der Waals surface area contributed by atoms with Crippen LogP contribution in [0.25, 0.3) is 10.9 Å². The molecule has 2 aromatic carbocycles. The summed E-state index contributed by atoms with van der Waals surface area (Å²) in [6.07, 6.45) is 5.25. The van der Waals surface area contributed by atoms with Crippen LogP contribution >= 0.6 is 21.6 Å². The van der Waals surface area contributed by atoms with Crippen LogP contribution in [-0.2, 0) is 57.6 Å². The minimum Gasteiger partial charge on any atom is -0.368 e. The molecule has 8 atom stereocenters. The third kappa shape index (κ3) is 15.8. The molecule has 0 unspecified atom stereocenters. The van der Waals surface area contributed by atoms with Crippen molar-refractivity contribution in [3.05, 3.63) is 90.1 Å². The summed E-state index contributed by atoms with van der Waals surface area (Å²) in [5.74, 6) is -6.85. The summed E-state index contributed by atoms with van der Waals surface area (Å²) in [6, 6.07) is 4.77. The Balaban J connectivity index is 1.38. The van der Waals surface area contributed by atoms with Crippen molar-refractivity contribution in [3.8, 4) is 0 Å². The van der Waals surface area contributed by atoms with Crippen LogP contribution in [0.5, 0.6) is 0 Å². The van der Waals surface area contributed by atoms with Gasteiger partial charge in [-0.1, -0.05) is 89.9 Å². The maximum Gasteiger partial charge on any atom is 0.325 e. The van der Waals surface area contributed by atoms with E-state index in [0.717, 1.165) is 43.8 Å². The lowest BCUT2D eigenvalue weighted by Crippen LogP contribution is -2.60. The van der Waals surface area contributed by atoms with E-state index in [1.807, 2.05) is 31.2 Å². The van der Waals surface area contributed by atoms with Gasteiger partial charge in [-0.15, -0.1) is 0 Å². The van der Waals surface area contributed by atoms with E-state index in [4.69, 9.17) is 17.2 Å². The molecule has 2 aliphatic heterocycles. The molecule has 0 saturated carbocycles. The van der Waals surface area contributed by atoms with Crippen LogP contribution in [0.15, 0.2) is 73.3 Å². The highest BCUT2D eigenvalue weighted by Crippen LogP contribution is 2.27. The number of para-hydroxylation sites is 1. The molecular formula is C48H65N15O9S2. The molecule has 398 valence electrons. The number of primary amides is 1. The predicted molar refractivity (Wildman–Crippen MR) is 278 cm³/mol. The first kappa shape index (κ1) is 56.3. The number of hydrogen-bond donors (Lipinski definition) is 13. The van der Waals surface area contributed by atoms with Crippen molar-refractivity contribution in [2.45, 2.75) is 120 Å². The number of nitrogens with two attached hydrogens (primary N) is 3. The van der Waals surface area contributed by atoms with Gasteiger partial charge in [-0.2, -0.15) is 0 Å². The standard InChI is InChI=1S/C48H65N15O9S2/c1-3-4-14-33-46(71)63(48(72)62-33)38-24-74-73-23-37(39(49)64)61-43(68)35(19-28-21-54-31-15-9-8-13-30(28)31)60-41(66)32(16-10-17-53-47(50)51)57-42(67)34(18-27-11-6-5-7-12-27)59-44(69)36(20-29-22-52-25-55-29)58-40(65)26(2)56-45(38)70/h5-9,11-13,15,21-22,25-26,32-38,47,53-54H,3-4,10,14,16-20,23-24,50-51H2,1-2H3,(H2,49,64)(H,52,55)(H,56,70)(H,57,67)(H,58,65)(H,59,69)(H,60,66)(H,61,68)(H,62,72)/t26-,32+,33+,34-,35+,36+,37+,38+/m1/s1. The molecule has 24 nitrogen and oxygen atoms in total. The van der Waals surface area contributed by atoms with Gasteiger partial charge in [-0.05, 0) is 49.9 Å². The fourth-order valence-corrected chi connectivity index (χ4v) is 10.7. The topological polar surface area (TPSA) is 376 Å². The number of carbonyl (C=O) groups excluding carboxylic acids is 9. The zero-order valence-electron chi connectivity index (χ0n) is 41.0. The van der Waals surface area contributed by atoms with Crippen molar-refractivity contribution in [1.82, 2.24) is 62.4 Å². The summed E-state index contributed by atoms with van der Waals surface area (Å²) in [7, 11) is 2.02. The first-order chi connectivity index (χ1) is 35.5. The van der Waals surface area contributed by atoms with Crippen molar-refractivity contribution in [1.29, 1.82) is 0 Å². The van der Waals surface area contributed by atoms with E-state index < -0.39 is 108 Å². The van der Waals surface area contributed by atoms with Crippen LogP contribution in [0.4, 0.5) is 4.79 Å². The molecule has 6 rings (SSSR count). The van der Waals surface area contributed by atoms with Crippen LogP contribution < -0.4 is 59.7 Å². The van der Waals surface area contributed by atoms with Gasteiger partial charge in [0.05, 0.1) is 6.33 Å². The Labute approximate surface area is 434 Å². The summed E-state index contributed by atoms with van der Waals surface area (Å²) in [5.41, 5.74) is 19.7. The van der Waals surface area contributed by atoms with E-state index in [9.17, 15) is 43.2 Å². The van der Waals surface area contributed by atoms with E-state index >= 15 is 0 Å². The van der Waals surface area contributed by atoms with Gasteiger partial charge in [0.1, 0.15) is 54.6 Å². The molecule has 0 aliphatic carbocycles. The summed E-state index contributed by atoms with van der Waals surface area (Å²) in [6.45, 7) is 3.51. The van der Waals surface area contributed by atoms with Crippen LogP contribution in [0.3, 0.4) is 0 Å². The number of benzene rings is 2. The fourth-order valence-electron chi connectivity index (χ4n) is 8.36. The maximum atomic E-state index is 14.6. The Hall–Kier alpha value is -7.00. The number of aromatic nitrogens is 3. The molecule has 2 saturated heterocycles. The molecule has 26 heteroatoms. The number of aromatic amines is 2. The highest BCUT2D eigenvalue weighted by molar-refractivity contribution is 8.76. The van der Waals surface area contributed by atoms with Gasteiger partial charge < -0.3 is 64.4 Å². The van der Waals surface area contributed by atoms with Crippen LogP contribution in [0.1, 0.15) is 62.8 Å². The Morgan fingerprint density at radius 3 is 2.01 bits per heavy atom. The van der Waals surface area contributed by atoms with Crippen LogP contribution in [0, 0.1) is 0 Å². The largest absolute Gasteiger partial charge is 0.368 e. The van der Waals surface area contributed by atoms with Gasteiger partial charge in [-0.3, -0.25) is 43.7 Å². The lowest BCUT2D eigenvalue weighted by molar-refractivity contribution is -0.137. The molecule has 0 bridgehead atoms. The first-order valence-electron chi connectivity index (χ1n) is 24.3. The number of rotatable bonds is 16. The Morgan fingerprint density at radius 2 is 1.32 bits per heavy atom. The quantitative estimate of drug-likeness (QED) is 0.0271. The van der Waals surface area contributed by atoms with Crippen molar-refractivity contribution in [2.24, 2.45) is 17.2 Å². The highest BCUT2D eigenvalue weighted by Gasteiger charge is 2.45. The zero-order chi connectivity index (χ0) is 53.3. The number of urea groups is 1. The molecule has 2 aliphatic rings. The van der Waals surface area contributed by atoms with E-state index in [1.54, 1.807) is 36.5 Å². The molecule has 74 heavy (non-hydrogen) atoms. The van der Waals surface area contributed by atoms with Crippen LogP contribution in [0.2, 0.25) is 0 Å². The number of fused-ring (bicyclic) bond motifs is 1. The van der Waals surface area contributed by atoms with E-state index in [-0.39, 0.29) is 50.2 Å². The number of hydrogen-bond acceptors (Lipinski definition) is 15. The molecule has 0 spiro atoms. The van der Waals surface area contributed by atoms with E-state index in [0.29, 0.717) is 29.7 Å². The highest BCUT2D eigenvalue weighted by atomic mass is 33.1. The maximum absolute atomic E-state index is 14.6. The number of amides is 10. The minimum absolute atomic E-state index is 0.00428. The van der Waals surface area contributed by atoms with Gasteiger partial charge in [0.2, 0.25) is 41.4 Å². The number of nitrogens with zero attached hydrogens (tertiary/aromatic N) is 2. The van der Waals surface area contributed by atoms with Crippen molar-refractivity contribution >= 4 is 85.8 Å². The summed E-state index contributed by atoms with van der Waals surface area (Å²) in [5, 5.41) is 22.5. The monoisotopic (exact) mass is 1060 g/mol. The number of imidazole rings is 1. The van der Waals surface area contributed by atoms with Gasteiger partial charge in [-0.25, -0.2) is 14.7 Å². The summed E-state index contributed by atoms with van der Waals surface area (Å²) in [4.78, 5) is 138. The molecule has 0 radical (unpaired) electrons. The average molecular weight is 1060 g/mol. The molecular weight excluding hydrogens is 995 g/mol. The second-order valence-electron chi connectivity index (χ2n) is 18.0. The second kappa shape index (κ2) is 27.3. The van der Waals surface area contributed by atoms with Crippen molar-refractivity contribution in [2.75, 3.05) is 18.1 Å². The number of carbonyl (C=O) groups is 9. The third-order valence-corrected chi connectivity index (χ3v) is 14.8. The molecule has 10 amide bonds. The van der Waals surface area contributed by atoms with Crippen LogP contribution in [-0.4, -0.2) is 146 Å². The number of nitrogens with one attached hydrogen (secondary N) is 10. The Morgan fingerprint density at radius 1 is 0.703 bits per heavy atom. The molecule has 2 fully saturated rings. The lowest BCUT2D eigenvalue weighted by Gasteiger charge is -2.28. The lowest BCUT2D eigenvalue weighted by atomic mass is 10.0. The molecule has 2 aromatic heterocycles. The van der Waals surface area contributed by atoms with E-state index in [2.05, 4.69) is 57.5 Å². The normalized spacial score (nSPS) is 24.4. The zero-order valence-corrected chi connectivity index (χ0v) is 42.7. The molecule has 16 N–H and O–H groups in total. The Kier molecular flexibility index (Phi) is 20.8. The molecule has 4 heterocycles. The SMILES string of the molecule is CCCC[C@@H]1NC(=O)N([C@H]2CSSC[C@@H](C(N)=O)NC(=O)[C@H](Cc3c[nH]c4ccccc34)NC(=O)[C@H](CCCNC(N)N)NC(=O)[C@@H](Cc3ccccc3)NC(=O)[C@H](Cc3cnc[nH]3)NC(=O)[C@@H](C)NC2=O)C1=O. The second-order valence-corrected chi connectivity index (χ2v) is 20.6. The number of unbranched alkanes of at least 4 members (excludes halogenated alkanes) is 1. The van der Waals surface area contributed by atoms with Gasteiger partial charge in [0.15, 0.2) is 0 Å². The Bertz CT molecular complexity index is 2600. The molecule has 4 aromatic rings. The smallest absolute Gasteiger partial charge is 0.325 e. The fraction of sp³-hybridized carbons (Fsp3) is 0.458. The third-order valence-electron chi connectivity index (χ3n) is 12.4. The average Bonchev–Trinajstić information content (AvgIpc) is 4.11. The first-order valence-corrected chi connectivity index (χ1v) is 26.8. The van der Waals surface area contributed by atoms with Crippen molar-refractivity contribution in [3.63, 3.8) is 0 Å². The van der Waals surface area contributed by atoms with Gasteiger partial charge in [0.25, 0.3) is 5.91 Å². The minimum atomic E-state index is -1.47.